The fraction of sp³-hybridized carbons (Fsp3) is 0.316. The molecule has 0 aromatic heterocycles. The van der Waals surface area contributed by atoms with Crippen molar-refractivity contribution in [2.24, 2.45) is 0 Å². The van der Waals surface area contributed by atoms with Gasteiger partial charge in [-0.05, 0) is 54.8 Å². The summed E-state index contributed by atoms with van der Waals surface area (Å²) in [5.41, 5.74) is 2.84. The number of benzene rings is 2. The molecule has 8 heteroatoms. The molecule has 0 unspecified atom stereocenters. The van der Waals surface area contributed by atoms with Crippen LogP contribution in [0.2, 0.25) is 0 Å². The number of sulfonamides is 1. The Bertz CT molecular complexity index is 972. The molecule has 2 aromatic rings. The first-order chi connectivity index (χ1) is 12.9. The summed E-state index contributed by atoms with van der Waals surface area (Å²) in [6, 6.07) is 9.91. The van der Waals surface area contributed by atoms with E-state index in [-0.39, 0.29) is 17.4 Å². The fourth-order valence-electron chi connectivity index (χ4n) is 3.14. The highest BCUT2D eigenvalue weighted by molar-refractivity contribution is 7.92. The van der Waals surface area contributed by atoms with Crippen molar-refractivity contribution in [1.29, 1.82) is 0 Å². The van der Waals surface area contributed by atoms with Crippen LogP contribution in [0.4, 0.5) is 11.4 Å². The van der Waals surface area contributed by atoms with E-state index in [0.29, 0.717) is 23.7 Å². The van der Waals surface area contributed by atoms with Gasteiger partial charge >= 0.3 is 0 Å². The summed E-state index contributed by atoms with van der Waals surface area (Å²) in [5.74, 6) is 0.473. The van der Waals surface area contributed by atoms with E-state index in [1.165, 1.54) is 20.3 Å². The van der Waals surface area contributed by atoms with Crippen LogP contribution in [0.1, 0.15) is 11.1 Å². The number of carbonyl (C=O) groups excluding carboxylic acids is 1. The average molecular weight is 390 g/mol. The second kappa shape index (κ2) is 7.58. The monoisotopic (exact) mass is 390 g/mol. The zero-order valence-corrected chi connectivity index (χ0v) is 16.3. The molecule has 0 fully saturated rings. The zero-order valence-electron chi connectivity index (χ0n) is 15.5. The maximum atomic E-state index is 12.7. The van der Waals surface area contributed by atoms with Crippen LogP contribution >= 0.6 is 0 Å². The van der Waals surface area contributed by atoms with Gasteiger partial charge in [0.1, 0.15) is 12.4 Å². The number of carbonyl (C=O) groups is 1. The Morgan fingerprint density at radius 2 is 1.96 bits per heavy atom. The highest BCUT2D eigenvalue weighted by Gasteiger charge is 2.25. The largest absolute Gasteiger partial charge is 0.496 e. The quantitative estimate of drug-likeness (QED) is 0.818. The van der Waals surface area contributed by atoms with E-state index in [4.69, 9.17) is 9.47 Å². The lowest BCUT2D eigenvalue weighted by molar-refractivity contribution is -0.122. The topological polar surface area (TPSA) is 84.9 Å². The van der Waals surface area contributed by atoms with Crippen molar-refractivity contribution >= 4 is 27.3 Å². The smallest absolute Gasteiger partial charge is 0.261 e. The van der Waals surface area contributed by atoms with Crippen LogP contribution in [0.15, 0.2) is 41.3 Å². The van der Waals surface area contributed by atoms with E-state index in [1.807, 2.05) is 6.07 Å². The molecule has 2 aromatic carbocycles. The Labute approximate surface area is 158 Å². The van der Waals surface area contributed by atoms with Crippen molar-refractivity contribution in [1.82, 2.24) is 0 Å². The van der Waals surface area contributed by atoms with E-state index < -0.39 is 10.0 Å². The molecule has 0 aliphatic carbocycles. The molecule has 3 rings (SSSR count). The molecule has 1 aliphatic heterocycles. The van der Waals surface area contributed by atoms with Crippen LogP contribution in [0.5, 0.6) is 5.75 Å². The van der Waals surface area contributed by atoms with Crippen LogP contribution in [0, 0.1) is 6.92 Å². The average Bonchev–Trinajstić information content (AvgIpc) is 3.04. The molecule has 0 saturated carbocycles. The normalized spacial score (nSPS) is 13.4. The zero-order chi connectivity index (χ0) is 19.6. The number of nitrogens with one attached hydrogen (secondary N) is 1. The number of rotatable bonds is 6. The predicted molar refractivity (Wildman–Crippen MR) is 103 cm³/mol. The number of anilines is 2. The van der Waals surface area contributed by atoms with Gasteiger partial charge in [-0.25, -0.2) is 8.42 Å². The van der Waals surface area contributed by atoms with Gasteiger partial charge < -0.3 is 14.4 Å². The van der Waals surface area contributed by atoms with Gasteiger partial charge in [-0.3, -0.25) is 9.52 Å². The van der Waals surface area contributed by atoms with Crippen molar-refractivity contribution in [2.45, 2.75) is 18.2 Å². The molecule has 0 bridgehead atoms. The number of hydrogen-bond donors (Lipinski definition) is 1. The minimum atomic E-state index is -3.76. The lowest BCUT2D eigenvalue weighted by Gasteiger charge is -2.18. The molecular weight excluding hydrogens is 368 g/mol. The molecule has 1 aliphatic rings. The SMILES string of the molecule is COCC(=O)N1CCc2ccc(NS(=O)(=O)c3ccc(OC)c(C)c3)cc21. The summed E-state index contributed by atoms with van der Waals surface area (Å²) >= 11 is 0. The first-order valence-corrected chi connectivity index (χ1v) is 9.93. The lowest BCUT2D eigenvalue weighted by atomic mass is 10.1. The summed E-state index contributed by atoms with van der Waals surface area (Å²) < 4.78 is 38.1. The molecule has 0 atom stereocenters. The number of nitrogens with zero attached hydrogens (tertiary/aromatic N) is 1. The molecule has 1 heterocycles. The van der Waals surface area contributed by atoms with Crippen LogP contribution in [-0.2, 0) is 26.0 Å². The minimum Gasteiger partial charge on any atom is -0.496 e. The minimum absolute atomic E-state index is 0.0134. The number of hydrogen-bond acceptors (Lipinski definition) is 5. The third kappa shape index (κ3) is 3.91. The third-order valence-electron chi connectivity index (χ3n) is 4.48. The summed E-state index contributed by atoms with van der Waals surface area (Å²) in [6.07, 6.45) is 0.732. The Morgan fingerprint density at radius 1 is 1.19 bits per heavy atom. The van der Waals surface area contributed by atoms with Gasteiger partial charge in [0.25, 0.3) is 15.9 Å². The van der Waals surface area contributed by atoms with E-state index in [9.17, 15) is 13.2 Å². The molecular formula is C19H22N2O5S. The second-order valence-corrected chi connectivity index (χ2v) is 7.99. The van der Waals surface area contributed by atoms with Gasteiger partial charge in [0.15, 0.2) is 0 Å². The number of ether oxygens (including phenoxy) is 2. The maximum Gasteiger partial charge on any atom is 0.261 e. The number of fused-ring (bicyclic) bond motifs is 1. The van der Waals surface area contributed by atoms with E-state index >= 15 is 0 Å². The molecule has 0 radical (unpaired) electrons. The Hall–Kier alpha value is -2.58. The van der Waals surface area contributed by atoms with Crippen LogP contribution < -0.4 is 14.4 Å². The van der Waals surface area contributed by atoms with Crippen LogP contribution in [-0.4, -0.2) is 41.7 Å². The third-order valence-corrected chi connectivity index (χ3v) is 5.86. The van der Waals surface area contributed by atoms with Crippen molar-refractivity contribution < 1.29 is 22.7 Å². The van der Waals surface area contributed by atoms with E-state index in [0.717, 1.165) is 17.5 Å². The van der Waals surface area contributed by atoms with Gasteiger partial charge in [0.05, 0.1) is 17.7 Å². The van der Waals surface area contributed by atoms with E-state index in [2.05, 4.69) is 4.72 Å². The van der Waals surface area contributed by atoms with Crippen molar-refractivity contribution in [3.63, 3.8) is 0 Å². The fourth-order valence-corrected chi connectivity index (χ4v) is 4.27. The molecule has 27 heavy (non-hydrogen) atoms. The first-order valence-electron chi connectivity index (χ1n) is 8.45. The molecule has 1 N–H and O–H groups in total. The summed E-state index contributed by atoms with van der Waals surface area (Å²) in [5, 5.41) is 0. The van der Waals surface area contributed by atoms with Crippen molar-refractivity contribution in [3.05, 3.63) is 47.5 Å². The summed E-state index contributed by atoms with van der Waals surface area (Å²) in [7, 11) is -0.754. The Kier molecular flexibility index (Phi) is 5.38. The number of methoxy groups -OCH3 is 2. The van der Waals surface area contributed by atoms with Gasteiger partial charge in [-0.2, -0.15) is 0 Å². The lowest BCUT2D eigenvalue weighted by Crippen LogP contribution is -2.32. The molecule has 0 saturated heterocycles. The molecule has 1 amide bonds. The number of aryl methyl sites for hydroxylation is 1. The molecule has 144 valence electrons. The summed E-state index contributed by atoms with van der Waals surface area (Å²) in [4.78, 5) is 13.9. The highest BCUT2D eigenvalue weighted by Crippen LogP contribution is 2.32. The molecule has 0 spiro atoms. The molecule has 7 nitrogen and oxygen atoms in total. The van der Waals surface area contributed by atoms with Crippen molar-refractivity contribution in [3.8, 4) is 5.75 Å². The van der Waals surface area contributed by atoms with Gasteiger partial charge in [-0.15, -0.1) is 0 Å². The van der Waals surface area contributed by atoms with Gasteiger partial charge in [0, 0.05) is 19.3 Å². The second-order valence-electron chi connectivity index (χ2n) is 6.31. The first kappa shape index (κ1) is 19.2. The van der Waals surface area contributed by atoms with Gasteiger partial charge in [-0.1, -0.05) is 6.07 Å². The van der Waals surface area contributed by atoms with Crippen molar-refractivity contribution in [2.75, 3.05) is 37.0 Å². The highest BCUT2D eigenvalue weighted by atomic mass is 32.2. The predicted octanol–water partition coefficient (Wildman–Crippen LogP) is 2.34. The standard InChI is InChI=1S/C19H22N2O5S/c1-13-10-16(6-7-18(13)26-3)27(23,24)20-15-5-4-14-8-9-21(17(14)11-15)19(22)12-25-2/h4-7,10-11,20H,8-9,12H2,1-3H3. The maximum absolute atomic E-state index is 12.7. The number of amides is 1. The van der Waals surface area contributed by atoms with Crippen LogP contribution in [0.3, 0.4) is 0 Å². The summed E-state index contributed by atoms with van der Waals surface area (Å²) in [6.45, 7) is 2.33. The Balaban J connectivity index is 1.87. The Morgan fingerprint density at radius 3 is 2.63 bits per heavy atom. The van der Waals surface area contributed by atoms with Crippen LogP contribution in [0.25, 0.3) is 0 Å². The van der Waals surface area contributed by atoms with E-state index in [1.54, 1.807) is 36.1 Å². The van der Waals surface area contributed by atoms with Gasteiger partial charge in [0.2, 0.25) is 0 Å².